The van der Waals surface area contributed by atoms with Crippen LogP contribution in [0.25, 0.3) is 0 Å². The second-order valence-electron chi connectivity index (χ2n) is 6.30. The molecule has 2 heterocycles. The first-order chi connectivity index (χ1) is 11.1. The average Bonchev–Trinajstić information content (AvgIpc) is 3.04. The summed E-state index contributed by atoms with van der Waals surface area (Å²) in [5, 5.41) is 10.2. The van der Waals surface area contributed by atoms with Crippen molar-refractivity contribution in [1.82, 2.24) is 9.80 Å². The Labute approximate surface area is 139 Å². The van der Waals surface area contributed by atoms with Crippen LogP contribution in [-0.2, 0) is 16.0 Å². The number of furan rings is 1. The van der Waals surface area contributed by atoms with Crippen LogP contribution in [0.15, 0.2) is 22.8 Å². The zero-order valence-corrected chi connectivity index (χ0v) is 14.3. The number of hydrogen-bond donors (Lipinski definition) is 1. The van der Waals surface area contributed by atoms with Crippen molar-refractivity contribution in [2.75, 3.05) is 52.5 Å². The molecule has 1 unspecified atom stereocenters. The zero-order chi connectivity index (χ0) is 16.5. The molecule has 1 saturated heterocycles. The lowest BCUT2D eigenvalue weighted by molar-refractivity contribution is -0.0136. The van der Waals surface area contributed by atoms with Crippen molar-refractivity contribution in [3.05, 3.63) is 24.2 Å². The largest absolute Gasteiger partial charge is 0.468 e. The summed E-state index contributed by atoms with van der Waals surface area (Å²) in [7, 11) is 0. The van der Waals surface area contributed by atoms with Crippen molar-refractivity contribution >= 4 is 0 Å². The van der Waals surface area contributed by atoms with E-state index in [0.717, 1.165) is 45.2 Å². The predicted octanol–water partition coefficient (Wildman–Crippen LogP) is 1.20. The number of nitrogens with zero attached hydrogens (tertiary/aromatic N) is 2. The molecule has 1 aromatic heterocycles. The van der Waals surface area contributed by atoms with Gasteiger partial charge in [-0.15, -0.1) is 0 Å². The molecular weight excluding hydrogens is 296 g/mol. The number of rotatable bonds is 10. The van der Waals surface area contributed by atoms with Gasteiger partial charge in [-0.1, -0.05) is 0 Å². The minimum atomic E-state index is -0.489. The molecule has 0 amide bonds. The van der Waals surface area contributed by atoms with E-state index in [1.165, 1.54) is 0 Å². The fourth-order valence-corrected chi connectivity index (χ4v) is 2.62. The van der Waals surface area contributed by atoms with Gasteiger partial charge in [0.05, 0.1) is 44.8 Å². The first kappa shape index (κ1) is 18.4. The highest BCUT2D eigenvalue weighted by Crippen LogP contribution is 2.08. The third-order valence-electron chi connectivity index (χ3n) is 3.89. The van der Waals surface area contributed by atoms with Gasteiger partial charge in [-0.2, -0.15) is 0 Å². The molecule has 0 radical (unpaired) electrons. The van der Waals surface area contributed by atoms with Crippen LogP contribution in [0.2, 0.25) is 0 Å². The molecule has 1 aliphatic rings. The summed E-state index contributed by atoms with van der Waals surface area (Å²) in [5.74, 6) is 0.920. The third kappa shape index (κ3) is 7.46. The number of aliphatic hydroxyl groups excluding tert-OH is 1. The van der Waals surface area contributed by atoms with Crippen LogP contribution in [0.5, 0.6) is 0 Å². The fraction of sp³-hybridized carbons (Fsp3) is 0.765. The number of hydrogen-bond acceptors (Lipinski definition) is 6. The van der Waals surface area contributed by atoms with Crippen molar-refractivity contribution in [3.63, 3.8) is 0 Å². The summed E-state index contributed by atoms with van der Waals surface area (Å²) < 4.78 is 16.3. The Morgan fingerprint density at radius 2 is 2.13 bits per heavy atom. The van der Waals surface area contributed by atoms with E-state index in [-0.39, 0.29) is 6.10 Å². The molecule has 0 bridgehead atoms. The van der Waals surface area contributed by atoms with E-state index in [2.05, 4.69) is 9.80 Å². The summed E-state index contributed by atoms with van der Waals surface area (Å²) in [4.78, 5) is 4.62. The van der Waals surface area contributed by atoms with Crippen LogP contribution in [0.1, 0.15) is 19.6 Å². The van der Waals surface area contributed by atoms with E-state index < -0.39 is 6.10 Å². The minimum Gasteiger partial charge on any atom is -0.468 e. The monoisotopic (exact) mass is 326 g/mol. The van der Waals surface area contributed by atoms with Gasteiger partial charge in [0.1, 0.15) is 5.76 Å². The van der Waals surface area contributed by atoms with Gasteiger partial charge in [-0.05, 0) is 26.0 Å². The quantitative estimate of drug-likeness (QED) is 0.697. The maximum atomic E-state index is 10.2. The summed E-state index contributed by atoms with van der Waals surface area (Å²) >= 11 is 0. The van der Waals surface area contributed by atoms with E-state index >= 15 is 0 Å². The Bertz CT molecular complexity index is 405. The topological polar surface area (TPSA) is 58.3 Å². The molecule has 0 aromatic carbocycles. The SMILES string of the molecule is CC(C)OCC(O)CN(CCN1CCOCC1)Cc1ccco1. The van der Waals surface area contributed by atoms with Gasteiger partial charge in [0.2, 0.25) is 0 Å². The molecular formula is C17H30N2O4. The molecule has 1 atom stereocenters. The second kappa shape index (κ2) is 10.1. The molecule has 0 aliphatic carbocycles. The van der Waals surface area contributed by atoms with Gasteiger partial charge in [-0.3, -0.25) is 9.80 Å². The van der Waals surface area contributed by atoms with Crippen molar-refractivity contribution in [2.24, 2.45) is 0 Å². The lowest BCUT2D eigenvalue weighted by atomic mass is 10.3. The maximum Gasteiger partial charge on any atom is 0.117 e. The lowest BCUT2D eigenvalue weighted by Crippen LogP contribution is -2.43. The first-order valence-corrected chi connectivity index (χ1v) is 8.48. The van der Waals surface area contributed by atoms with Crippen molar-refractivity contribution in [1.29, 1.82) is 0 Å². The molecule has 1 aliphatic heterocycles. The van der Waals surface area contributed by atoms with E-state index in [1.807, 2.05) is 26.0 Å². The van der Waals surface area contributed by atoms with Gasteiger partial charge >= 0.3 is 0 Å². The van der Waals surface area contributed by atoms with Crippen LogP contribution in [0, 0.1) is 0 Å². The summed E-state index contributed by atoms with van der Waals surface area (Å²) in [6.45, 7) is 11.0. The molecule has 1 N–H and O–H groups in total. The minimum absolute atomic E-state index is 0.136. The van der Waals surface area contributed by atoms with E-state index in [0.29, 0.717) is 19.7 Å². The van der Waals surface area contributed by atoms with E-state index in [9.17, 15) is 5.11 Å². The highest BCUT2D eigenvalue weighted by atomic mass is 16.5. The van der Waals surface area contributed by atoms with Crippen molar-refractivity contribution < 1.29 is 19.0 Å². The van der Waals surface area contributed by atoms with E-state index in [4.69, 9.17) is 13.9 Å². The Morgan fingerprint density at radius 3 is 2.78 bits per heavy atom. The summed E-state index contributed by atoms with van der Waals surface area (Å²) in [6, 6.07) is 3.87. The summed E-state index contributed by atoms with van der Waals surface area (Å²) in [6.07, 6.45) is 1.34. The zero-order valence-electron chi connectivity index (χ0n) is 14.3. The Morgan fingerprint density at radius 1 is 1.35 bits per heavy atom. The van der Waals surface area contributed by atoms with Gasteiger partial charge in [-0.25, -0.2) is 0 Å². The molecule has 2 rings (SSSR count). The van der Waals surface area contributed by atoms with E-state index in [1.54, 1.807) is 6.26 Å². The third-order valence-corrected chi connectivity index (χ3v) is 3.89. The molecule has 23 heavy (non-hydrogen) atoms. The normalized spacial score (nSPS) is 18.0. The predicted molar refractivity (Wildman–Crippen MR) is 88.3 cm³/mol. The molecule has 132 valence electrons. The molecule has 6 nitrogen and oxygen atoms in total. The maximum absolute atomic E-state index is 10.2. The van der Waals surface area contributed by atoms with Crippen LogP contribution < -0.4 is 0 Å². The lowest BCUT2D eigenvalue weighted by Gasteiger charge is -2.30. The summed E-state index contributed by atoms with van der Waals surface area (Å²) in [5.41, 5.74) is 0. The standard InChI is InChI=1S/C17H30N2O4/c1-15(2)23-14-16(20)12-19(13-17-4-3-9-22-17)6-5-18-7-10-21-11-8-18/h3-4,9,15-16,20H,5-8,10-14H2,1-2H3. The molecule has 1 aromatic rings. The fourth-order valence-electron chi connectivity index (χ4n) is 2.62. The smallest absolute Gasteiger partial charge is 0.117 e. The van der Waals surface area contributed by atoms with Gasteiger partial charge in [0, 0.05) is 32.7 Å². The first-order valence-electron chi connectivity index (χ1n) is 8.48. The Balaban J connectivity index is 1.80. The number of aliphatic hydroxyl groups is 1. The average molecular weight is 326 g/mol. The molecule has 6 heteroatoms. The van der Waals surface area contributed by atoms with Crippen molar-refractivity contribution in [3.8, 4) is 0 Å². The van der Waals surface area contributed by atoms with Gasteiger partial charge in [0.15, 0.2) is 0 Å². The second-order valence-corrected chi connectivity index (χ2v) is 6.30. The number of morpholine rings is 1. The molecule has 0 saturated carbocycles. The van der Waals surface area contributed by atoms with Crippen LogP contribution in [0.3, 0.4) is 0 Å². The molecule has 0 spiro atoms. The highest BCUT2D eigenvalue weighted by molar-refractivity contribution is 4.98. The highest BCUT2D eigenvalue weighted by Gasteiger charge is 2.17. The van der Waals surface area contributed by atoms with Crippen LogP contribution >= 0.6 is 0 Å². The van der Waals surface area contributed by atoms with Crippen LogP contribution in [-0.4, -0.2) is 79.7 Å². The number of ether oxygens (including phenoxy) is 2. The van der Waals surface area contributed by atoms with Gasteiger partial charge in [0.25, 0.3) is 0 Å². The van der Waals surface area contributed by atoms with Crippen LogP contribution in [0.4, 0.5) is 0 Å². The Hall–Kier alpha value is -0.920. The van der Waals surface area contributed by atoms with Gasteiger partial charge < -0.3 is 19.0 Å². The Kier molecular flexibility index (Phi) is 8.05. The molecule has 1 fully saturated rings. The van der Waals surface area contributed by atoms with Crippen molar-refractivity contribution in [2.45, 2.75) is 32.6 Å².